The Hall–Kier alpha value is -1.42. The molecule has 1 saturated heterocycles. The third-order valence-corrected chi connectivity index (χ3v) is 7.15. The largest absolute Gasteiger partial charge is 0.300 e. The lowest BCUT2D eigenvalue weighted by Crippen LogP contribution is -2.49. The molecule has 1 aromatic carbocycles. The summed E-state index contributed by atoms with van der Waals surface area (Å²) in [4.78, 5) is 2.53. The van der Waals surface area contributed by atoms with E-state index in [2.05, 4.69) is 4.90 Å². The van der Waals surface area contributed by atoms with Crippen LogP contribution in [0.3, 0.4) is 0 Å². The molecular formula is C18H25N3O2S. The van der Waals surface area contributed by atoms with E-state index >= 15 is 0 Å². The van der Waals surface area contributed by atoms with Gasteiger partial charge in [0.1, 0.15) is 6.07 Å². The van der Waals surface area contributed by atoms with Crippen molar-refractivity contribution in [1.29, 1.82) is 5.26 Å². The number of benzene rings is 1. The first-order valence-electron chi connectivity index (χ1n) is 8.83. The van der Waals surface area contributed by atoms with Gasteiger partial charge in [0.2, 0.25) is 10.0 Å². The van der Waals surface area contributed by atoms with Gasteiger partial charge in [0.15, 0.2) is 0 Å². The first-order valence-corrected chi connectivity index (χ1v) is 10.3. The predicted molar refractivity (Wildman–Crippen MR) is 92.9 cm³/mol. The zero-order valence-corrected chi connectivity index (χ0v) is 14.8. The van der Waals surface area contributed by atoms with E-state index in [-0.39, 0.29) is 10.5 Å². The van der Waals surface area contributed by atoms with Gasteiger partial charge in [-0.1, -0.05) is 31.4 Å². The summed E-state index contributed by atoms with van der Waals surface area (Å²) in [6.45, 7) is 3.68. The second-order valence-electron chi connectivity index (χ2n) is 6.82. The van der Waals surface area contributed by atoms with E-state index < -0.39 is 10.0 Å². The van der Waals surface area contributed by atoms with E-state index in [4.69, 9.17) is 5.26 Å². The molecule has 2 fully saturated rings. The molecule has 1 saturated carbocycles. The number of rotatable bonds is 4. The monoisotopic (exact) mass is 347 g/mol. The average molecular weight is 347 g/mol. The third kappa shape index (κ3) is 3.80. The maximum atomic E-state index is 12.8. The van der Waals surface area contributed by atoms with Crippen LogP contribution in [0.5, 0.6) is 0 Å². The molecule has 0 unspecified atom stereocenters. The van der Waals surface area contributed by atoms with Gasteiger partial charge in [-0.05, 0) is 30.9 Å². The molecule has 6 heteroatoms. The van der Waals surface area contributed by atoms with Crippen molar-refractivity contribution in [1.82, 2.24) is 9.21 Å². The highest BCUT2D eigenvalue weighted by Crippen LogP contribution is 2.26. The first-order chi connectivity index (χ1) is 11.6. The molecule has 24 heavy (non-hydrogen) atoms. The molecule has 1 heterocycles. The number of nitrogens with zero attached hydrogens (tertiary/aromatic N) is 3. The molecule has 0 aromatic heterocycles. The number of piperazine rings is 1. The van der Waals surface area contributed by atoms with E-state index in [1.54, 1.807) is 18.2 Å². The lowest BCUT2D eigenvalue weighted by Gasteiger charge is -2.36. The van der Waals surface area contributed by atoms with Crippen molar-refractivity contribution >= 4 is 10.0 Å². The van der Waals surface area contributed by atoms with Gasteiger partial charge < -0.3 is 4.90 Å². The summed E-state index contributed by atoms with van der Waals surface area (Å²) in [7, 11) is -3.58. The predicted octanol–water partition coefficient (Wildman–Crippen LogP) is 2.44. The fourth-order valence-electron chi connectivity index (χ4n) is 3.81. The molecule has 130 valence electrons. The van der Waals surface area contributed by atoms with Crippen LogP contribution in [0.25, 0.3) is 0 Å². The smallest absolute Gasteiger partial charge is 0.244 e. The normalized spacial score (nSPS) is 21.5. The summed E-state index contributed by atoms with van der Waals surface area (Å²) >= 11 is 0. The minimum absolute atomic E-state index is 0.133. The highest BCUT2D eigenvalue weighted by atomic mass is 32.2. The lowest BCUT2D eigenvalue weighted by atomic mass is 9.89. The van der Waals surface area contributed by atoms with Gasteiger partial charge in [-0.2, -0.15) is 9.57 Å². The van der Waals surface area contributed by atoms with Gasteiger partial charge in [0, 0.05) is 32.7 Å². The van der Waals surface area contributed by atoms with Crippen molar-refractivity contribution in [2.75, 3.05) is 32.7 Å². The Morgan fingerprint density at radius 3 is 2.38 bits per heavy atom. The second-order valence-corrected chi connectivity index (χ2v) is 8.72. The van der Waals surface area contributed by atoms with E-state index in [0.29, 0.717) is 13.1 Å². The Bertz CT molecular complexity index is 697. The van der Waals surface area contributed by atoms with Crippen molar-refractivity contribution < 1.29 is 8.42 Å². The molecule has 1 aliphatic carbocycles. The summed E-state index contributed by atoms with van der Waals surface area (Å²) in [6.07, 6.45) is 6.66. The summed E-state index contributed by atoms with van der Waals surface area (Å²) < 4.78 is 27.2. The molecule has 1 aromatic rings. The van der Waals surface area contributed by atoms with Crippen molar-refractivity contribution in [2.24, 2.45) is 5.92 Å². The molecule has 0 radical (unpaired) electrons. The molecule has 0 spiro atoms. The molecule has 1 aliphatic heterocycles. The van der Waals surface area contributed by atoms with Crippen LogP contribution in [0, 0.1) is 17.2 Å². The zero-order chi connectivity index (χ0) is 17.0. The fraction of sp³-hybridized carbons (Fsp3) is 0.611. The Morgan fingerprint density at radius 1 is 1.04 bits per heavy atom. The molecule has 5 nitrogen and oxygen atoms in total. The molecule has 3 rings (SSSR count). The molecular weight excluding hydrogens is 322 g/mol. The Kier molecular flexibility index (Phi) is 5.54. The molecule has 0 amide bonds. The summed E-state index contributed by atoms with van der Waals surface area (Å²) in [5.74, 6) is 0.779. The van der Waals surface area contributed by atoms with Crippen LogP contribution >= 0.6 is 0 Å². The van der Waals surface area contributed by atoms with Gasteiger partial charge >= 0.3 is 0 Å². The highest BCUT2D eigenvalue weighted by Gasteiger charge is 2.30. The Labute approximate surface area is 144 Å². The van der Waals surface area contributed by atoms with E-state index in [9.17, 15) is 8.42 Å². The SMILES string of the molecule is N#Cc1ccccc1S(=O)(=O)N1CCN(CC2CCCCC2)CC1. The van der Waals surface area contributed by atoms with E-state index in [0.717, 1.165) is 25.6 Å². The highest BCUT2D eigenvalue weighted by molar-refractivity contribution is 7.89. The van der Waals surface area contributed by atoms with E-state index in [1.807, 2.05) is 6.07 Å². The number of sulfonamides is 1. The molecule has 0 bridgehead atoms. The van der Waals surface area contributed by atoms with E-state index in [1.165, 1.54) is 42.5 Å². The van der Waals surface area contributed by atoms with Gasteiger partial charge in [0.25, 0.3) is 0 Å². The van der Waals surface area contributed by atoms with Crippen molar-refractivity contribution in [2.45, 2.75) is 37.0 Å². The zero-order valence-electron chi connectivity index (χ0n) is 14.0. The number of hydrogen-bond donors (Lipinski definition) is 0. The van der Waals surface area contributed by atoms with Crippen LogP contribution in [0.1, 0.15) is 37.7 Å². The van der Waals surface area contributed by atoms with Crippen molar-refractivity contribution in [3.63, 3.8) is 0 Å². The van der Waals surface area contributed by atoms with Gasteiger partial charge in [-0.3, -0.25) is 0 Å². The van der Waals surface area contributed by atoms with Crippen molar-refractivity contribution in [3.8, 4) is 6.07 Å². The molecule has 2 aliphatic rings. The van der Waals surface area contributed by atoms with Crippen LogP contribution in [-0.2, 0) is 10.0 Å². The summed E-state index contributed by atoms with van der Waals surface area (Å²) in [5.41, 5.74) is 0.224. The lowest BCUT2D eigenvalue weighted by molar-refractivity contribution is 0.150. The fourth-order valence-corrected chi connectivity index (χ4v) is 5.37. The minimum Gasteiger partial charge on any atom is -0.300 e. The maximum absolute atomic E-state index is 12.8. The topological polar surface area (TPSA) is 64.4 Å². The third-order valence-electron chi connectivity index (χ3n) is 5.20. The van der Waals surface area contributed by atoms with Crippen LogP contribution in [-0.4, -0.2) is 50.3 Å². The van der Waals surface area contributed by atoms with Crippen LogP contribution in [0.2, 0.25) is 0 Å². The number of hydrogen-bond acceptors (Lipinski definition) is 4. The number of nitriles is 1. The summed E-state index contributed by atoms with van der Waals surface area (Å²) in [6, 6.07) is 8.45. The maximum Gasteiger partial charge on any atom is 0.244 e. The molecule has 0 N–H and O–H groups in total. The minimum atomic E-state index is -3.58. The first kappa shape index (κ1) is 17.4. The molecule has 0 atom stereocenters. The van der Waals surface area contributed by atoms with Gasteiger partial charge in [-0.25, -0.2) is 8.42 Å². The standard InChI is InChI=1S/C18H25N3O2S/c19-14-17-8-4-5-9-18(17)24(22,23)21-12-10-20(11-13-21)15-16-6-2-1-3-7-16/h4-5,8-9,16H,1-3,6-7,10-13,15H2. The van der Waals surface area contributed by atoms with Crippen molar-refractivity contribution in [3.05, 3.63) is 29.8 Å². The average Bonchev–Trinajstić information content (AvgIpc) is 2.63. The van der Waals surface area contributed by atoms with Crippen LogP contribution < -0.4 is 0 Å². The van der Waals surface area contributed by atoms with Gasteiger partial charge in [0.05, 0.1) is 10.5 Å². The summed E-state index contributed by atoms with van der Waals surface area (Å²) in [5, 5.41) is 9.16. The second kappa shape index (κ2) is 7.64. The Balaban J connectivity index is 1.62. The van der Waals surface area contributed by atoms with Gasteiger partial charge in [-0.15, -0.1) is 0 Å². The Morgan fingerprint density at radius 2 is 1.71 bits per heavy atom. The van der Waals surface area contributed by atoms with Crippen LogP contribution in [0.15, 0.2) is 29.2 Å². The van der Waals surface area contributed by atoms with Crippen LogP contribution in [0.4, 0.5) is 0 Å². The quantitative estimate of drug-likeness (QED) is 0.839.